The Morgan fingerprint density at radius 3 is 2.32 bits per heavy atom. The predicted molar refractivity (Wildman–Crippen MR) is 180 cm³/mol. The molecule has 2 aliphatic rings. The summed E-state index contributed by atoms with van der Waals surface area (Å²) in [4.78, 5) is 32.5. The minimum atomic E-state index is -0.584. The molecule has 1 fully saturated rings. The highest BCUT2D eigenvalue weighted by Gasteiger charge is 2.42. The van der Waals surface area contributed by atoms with E-state index < -0.39 is 5.63 Å². The van der Waals surface area contributed by atoms with Crippen molar-refractivity contribution in [3.63, 3.8) is 0 Å². The van der Waals surface area contributed by atoms with Gasteiger partial charge in [-0.15, -0.1) is 0 Å². The lowest BCUT2D eigenvalue weighted by atomic mass is 9.81. The van der Waals surface area contributed by atoms with E-state index in [-0.39, 0.29) is 16.9 Å². The van der Waals surface area contributed by atoms with Crippen LogP contribution in [0.3, 0.4) is 0 Å². The van der Waals surface area contributed by atoms with E-state index in [4.69, 9.17) is 4.42 Å². The summed E-state index contributed by atoms with van der Waals surface area (Å²) in [6.45, 7) is 12.9. The first-order valence-corrected chi connectivity index (χ1v) is 15.6. The van der Waals surface area contributed by atoms with Crippen LogP contribution >= 0.6 is 0 Å². The number of fused-ring (bicyclic) bond motifs is 2. The molecule has 7 nitrogen and oxygen atoms in total. The normalized spacial score (nSPS) is 16.2. The summed E-state index contributed by atoms with van der Waals surface area (Å²) in [7, 11) is 2.14. The number of benzene rings is 3. The van der Waals surface area contributed by atoms with E-state index in [1.807, 2.05) is 18.2 Å². The van der Waals surface area contributed by atoms with Crippen LogP contribution in [0.1, 0.15) is 49.2 Å². The summed E-state index contributed by atoms with van der Waals surface area (Å²) in [5, 5.41) is 0.753. The molecule has 1 saturated heterocycles. The first-order chi connectivity index (χ1) is 21.2. The molecule has 226 valence electrons. The first kappa shape index (κ1) is 29.4. The highest BCUT2D eigenvalue weighted by molar-refractivity contribution is 6.05. The summed E-state index contributed by atoms with van der Waals surface area (Å²) in [6, 6.07) is 24.7. The third-order valence-electron chi connectivity index (χ3n) is 9.28. The molecule has 0 unspecified atom stereocenters. The number of amides is 1. The summed E-state index contributed by atoms with van der Waals surface area (Å²) in [5.41, 5.74) is 7.10. The van der Waals surface area contributed by atoms with Crippen LogP contribution in [0.15, 0.2) is 88.1 Å². The molecular formula is C37H41N4O3+. The summed E-state index contributed by atoms with van der Waals surface area (Å²) >= 11 is 0. The van der Waals surface area contributed by atoms with E-state index in [0.717, 1.165) is 35.4 Å². The summed E-state index contributed by atoms with van der Waals surface area (Å²) in [6.07, 6.45) is 4.41. The number of piperazine rings is 1. The Labute approximate surface area is 259 Å². The van der Waals surface area contributed by atoms with Gasteiger partial charge in [0.25, 0.3) is 5.91 Å². The molecule has 2 aliphatic heterocycles. The van der Waals surface area contributed by atoms with E-state index >= 15 is 0 Å². The Bertz CT molecular complexity index is 1820. The number of nitrogens with zero attached hydrogens (tertiary/aromatic N) is 4. The molecule has 0 atom stereocenters. The number of anilines is 2. The first-order valence-electron chi connectivity index (χ1n) is 15.6. The van der Waals surface area contributed by atoms with Crippen molar-refractivity contribution in [2.24, 2.45) is 0 Å². The molecule has 0 bridgehead atoms. The molecule has 6 rings (SSSR count). The Hall–Kier alpha value is -4.65. The van der Waals surface area contributed by atoms with Crippen molar-refractivity contribution in [3.8, 4) is 0 Å². The second-order valence-corrected chi connectivity index (χ2v) is 12.1. The standard InChI is InChI=1S/C37H41N4O3/c1-6-39(7-2)29-18-15-27-24-30(36(43)44-33(27)25-29)35(42)41-22-20-40(21-23-41)28-16-12-26(13-17-28)14-19-34-37(3,4)31-10-8-9-11-32(31)38(34)5/h8-19,24-25H,6-7,20-23H2,1-5H3/q+1. The quantitative estimate of drug-likeness (QED) is 0.187. The van der Waals surface area contributed by atoms with Gasteiger partial charge in [-0.3, -0.25) is 4.79 Å². The highest BCUT2D eigenvalue weighted by atomic mass is 16.4. The lowest BCUT2D eigenvalue weighted by Gasteiger charge is -2.36. The van der Waals surface area contributed by atoms with E-state index in [9.17, 15) is 9.59 Å². The number of rotatable bonds is 7. The van der Waals surface area contributed by atoms with Gasteiger partial charge in [0.15, 0.2) is 5.71 Å². The monoisotopic (exact) mass is 589 g/mol. The SMILES string of the molecule is CCN(CC)c1ccc2cc(C(=O)N3CCN(c4ccc(/C=C/C5=[N+](C)c6ccccc6C5(C)C)cc4)CC3)c(=O)oc2c1. The third-order valence-corrected chi connectivity index (χ3v) is 9.28. The molecule has 0 saturated carbocycles. The lowest BCUT2D eigenvalue weighted by Crippen LogP contribution is -2.49. The van der Waals surface area contributed by atoms with Crippen molar-refractivity contribution in [3.05, 3.63) is 106 Å². The molecule has 0 N–H and O–H groups in total. The zero-order chi connectivity index (χ0) is 31.0. The number of carbonyl (C=O) groups is 1. The van der Waals surface area contributed by atoms with E-state index in [1.54, 1.807) is 11.0 Å². The maximum atomic E-state index is 13.4. The van der Waals surface area contributed by atoms with E-state index in [1.165, 1.54) is 17.0 Å². The fourth-order valence-electron chi connectivity index (χ4n) is 6.65. The molecule has 1 aromatic heterocycles. The minimum Gasteiger partial charge on any atom is -0.422 e. The maximum absolute atomic E-state index is 13.4. The topological polar surface area (TPSA) is 60.0 Å². The molecule has 1 amide bonds. The molecular weight excluding hydrogens is 548 g/mol. The van der Waals surface area contributed by atoms with Gasteiger partial charge in [0.05, 0.1) is 5.41 Å². The van der Waals surface area contributed by atoms with Crippen molar-refractivity contribution in [1.82, 2.24) is 4.90 Å². The van der Waals surface area contributed by atoms with Gasteiger partial charge in [0, 0.05) is 79.8 Å². The number of allylic oxidation sites excluding steroid dienone is 1. The van der Waals surface area contributed by atoms with Crippen LogP contribution in [-0.4, -0.2) is 67.4 Å². The van der Waals surface area contributed by atoms with Gasteiger partial charge in [-0.25, -0.2) is 4.79 Å². The van der Waals surface area contributed by atoms with Gasteiger partial charge in [-0.1, -0.05) is 30.3 Å². The molecule has 3 heterocycles. The Morgan fingerprint density at radius 2 is 1.64 bits per heavy atom. The van der Waals surface area contributed by atoms with Crippen LogP contribution < -0.4 is 15.4 Å². The van der Waals surface area contributed by atoms with E-state index in [2.05, 4.69) is 110 Å². The second-order valence-electron chi connectivity index (χ2n) is 12.1. The molecule has 7 heteroatoms. The van der Waals surface area contributed by atoms with Crippen LogP contribution in [0.2, 0.25) is 0 Å². The van der Waals surface area contributed by atoms with Gasteiger partial charge >= 0.3 is 5.63 Å². The predicted octanol–water partition coefficient (Wildman–Crippen LogP) is 6.32. The largest absolute Gasteiger partial charge is 0.422 e. The van der Waals surface area contributed by atoms with Crippen molar-refractivity contribution in [2.45, 2.75) is 33.1 Å². The zero-order valence-corrected chi connectivity index (χ0v) is 26.3. The Morgan fingerprint density at radius 1 is 0.932 bits per heavy atom. The minimum absolute atomic E-state index is 0.0541. The third kappa shape index (κ3) is 5.32. The summed E-state index contributed by atoms with van der Waals surface area (Å²) in [5.74, 6) is -0.270. The maximum Gasteiger partial charge on any atom is 0.349 e. The van der Waals surface area contributed by atoms with Crippen LogP contribution in [0.4, 0.5) is 17.1 Å². The van der Waals surface area contributed by atoms with Crippen LogP contribution in [0.5, 0.6) is 0 Å². The van der Waals surface area contributed by atoms with Crippen molar-refractivity contribution in [2.75, 3.05) is 56.1 Å². The van der Waals surface area contributed by atoms with Crippen LogP contribution in [-0.2, 0) is 5.41 Å². The summed E-state index contributed by atoms with van der Waals surface area (Å²) < 4.78 is 7.91. The average Bonchev–Trinajstić information content (AvgIpc) is 3.24. The average molecular weight is 590 g/mol. The zero-order valence-electron chi connectivity index (χ0n) is 26.3. The smallest absolute Gasteiger partial charge is 0.349 e. The van der Waals surface area contributed by atoms with Gasteiger partial charge in [0.1, 0.15) is 18.2 Å². The Balaban J connectivity index is 1.10. The fraction of sp³-hybridized carbons (Fsp3) is 0.324. The molecule has 4 aromatic rings. The van der Waals surface area contributed by atoms with Gasteiger partial charge in [-0.05, 0) is 69.7 Å². The lowest BCUT2D eigenvalue weighted by molar-refractivity contribution is -0.401. The number of para-hydroxylation sites is 1. The van der Waals surface area contributed by atoms with Crippen molar-refractivity contribution in [1.29, 1.82) is 0 Å². The van der Waals surface area contributed by atoms with Gasteiger partial charge in [0.2, 0.25) is 5.69 Å². The van der Waals surface area contributed by atoms with Crippen LogP contribution in [0, 0.1) is 0 Å². The van der Waals surface area contributed by atoms with Gasteiger partial charge in [-0.2, -0.15) is 4.58 Å². The molecule has 0 spiro atoms. The fourth-order valence-corrected chi connectivity index (χ4v) is 6.65. The number of hydrogen-bond donors (Lipinski definition) is 0. The van der Waals surface area contributed by atoms with Crippen molar-refractivity contribution >= 4 is 45.7 Å². The van der Waals surface area contributed by atoms with Crippen molar-refractivity contribution < 1.29 is 13.8 Å². The van der Waals surface area contributed by atoms with E-state index in [0.29, 0.717) is 31.8 Å². The molecule has 3 aromatic carbocycles. The molecule has 44 heavy (non-hydrogen) atoms. The number of hydrogen-bond acceptors (Lipinski definition) is 5. The molecule has 0 radical (unpaired) electrons. The highest BCUT2D eigenvalue weighted by Crippen LogP contribution is 2.39. The second kappa shape index (κ2) is 11.8. The number of carbonyl (C=O) groups excluding carboxylic acids is 1. The Kier molecular flexibility index (Phi) is 7.89. The van der Waals surface area contributed by atoms with Crippen LogP contribution in [0.25, 0.3) is 17.0 Å². The molecule has 0 aliphatic carbocycles. The van der Waals surface area contributed by atoms with Gasteiger partial charge < -0.3 is 19.1 Å².